The van der Waals surface area contributed by atoms with Crippen molar-refractivity contribution in [2.24, 2.45) is 5.92 Å². The first-order valence-corrected chi connectivity index (χ1v) is 8.39. The van der Waals surface area contributed by atoms with Crippen molar-refractivity contribution >= 4 is 11.9 Å². The molecule has 1 aliphatic rings. The topological polar surface area (TPSA) is 76.1 Å². The van der Waals surface area contributed by atoms with Gasteiger partial charge in [-0.2, -0.15) is 0 Å². The van der Waals surface area contributed by atoms with E-state index >= 15 is 0 Å². The lowest BCUT2D eigenvalue weighted by Gasteiger charge is -2.36. The monoisotopic (exact) mass is 347 g/mol. The fraction of sp³-hybridized carbons (Fsp3) is 0.474. The predicted octanol–water partition coefficient (Wildman–Crippen LogP) is 2.51. The number of carboxylic acid groups (broad SMARTS) is 1. The summed E-state index contributed by atoms with van der Waals surface area (Å²) >= 11 is 0. The van der Waals surface area contributed by atoms with E-state index < -0.39 is 11.9 Å². The fourth-order valence-corrected chi connectivity index (χ4v) is 3.00. The number of likely N-dealkylation sites (tertiary alicyclic amines) is 1. The van der Waals surface area contributed by atoms with Crippen LogP contribution in [0.5, 0.6) is 11.5 Å². The number of nitrogens with zero attached hydrogens (tertiary/aromatic N) is 1. The number of allylic oxidation sites excluding steroid dienone is 1. The SMILES string of the molecule is C=CCc1ccc(OCC(=O)N2CC(C(=O)O)CCC2C)c(OC)c1. The number of ether oxygens (including phenoxy) is 2. The van der Waals surface area contributed by atoms with Crippen LogP contribution in [0.15, 0.2) is 30.9 Å². The van der Waals surface area contributed by atoms with Gasteiger partial charge in [-0.3, -0.25) is 9.59 Å². The minimum Gasteiger partial charge on any atom is -0.493 e. The van der Waals surface area contributed by atoms with Crippen LogP contribution in [-0.4, -0.2) is 48.2 Å². The number of carbonyl (C=O) groups excluding carboxylic acids is 1. The molecule has 0 spiro atoms. The van der Waals surface area contributed by atoms with Gasteiger partial charge in [0.25, 0.3) is 5.91 Å². The smallest absolute Gasteiger partial charge is 0.308 e. The van der Waals surface area contributed by atoms with Crippen molar-refractivity contribution in [1.82, 2.24) is 4.90 Å². The molecule has 1 aromatic rings. The Kier molecular flexibility index (Phi) is 6.44. The summed E-state index contributed by atoms with van der Waals surface area (Å²) in [5.41, 5.74) is 1.04. The van der Waals surface area contributed by atoms with Gasteiger partial charge in [0.2, 0.25) is 0 Å². The lowest BCUT2D eigenvalue weighted by molar-refractivity contribution is -0.147. The Morgan fingerprint density at radius 1 is 1.36 bits per heavy atom. The summed E-state index contributed by atoms with van der Waals surface area (Å²) < 4.78 is 10.9. The first kappa shape index (κ1) is 18.8. The van der Waals surface area contributed by atoms with Crippen molar-refractivity contribution in [2.45, 2.75) is 32.2 Å². The molecule has 0 aliphatic carbocycles. The number of piperidine rings is 1. The van der Waals surface area contributed by atoms with Gasteiger partial charge in [-0.25, -0.2) is 0 Å². The summed E-state index contributed by atoms with van der Waals surface area (Å²) in [6.07, 6.45) is 3.80. The molecule has 1 saturated heterocycles. The Morgan fingerprint density at radius 2 is 2.12 bits per heavy atom. The van der Waals surface area contributed by atoms with Crippen LogP contribution in [0.2, 0.25) is 0 Å². The van der Waals surface area contributed by atoms with Crippen LogP contribution in [-0.2, 0) is 16.0 Å². The van der Waals surface area contributed by atoms with Crippen LogP contribution in [0.3, 0.4) is 0 Å². The molecular weight excluding hydrogens is 322 g/mol. The molecule has 1 amide bonds. The summed E-state index contributed by atoms with van der Waals surface area (Å²) in [6, 6.07) is 5.54. The first-order valence-electron chi connectivity index (χ1n) is 8.39. The largest absolute Gasteiger partial charge is 0.493 e. The molecule has 0 radical (unpaired) electrons. The van der Waals surface area contributed by atoms with E-state index in [1.54, 1.807) is 24.2 Å². The number of methoxy groups -OCH3 is 1. The molecule has 2 unspecified atom stereocenters. The molecule has 1 N–H and O–H groups in total. The van der Waals surface area contributed by atoms with E-state index in [4.69, 9.17) is 9.47 Å². The summed E-state index contributed by atoms with van der Waals surface area (Å²) in [7, 11) is 1.55. The zero-order chi connectivity index (χ0) is 18.4. The Bertz CT molecular complexity index is 643. The predicted molar refractivity (Wildman–Crippen MR) is 93.9 cm³/mol. The fourth-order valence-electron chi connectivity index (χ4n) is 3.00. The number of hydrogen-bond acceptors (Lipinski definition) is 4. The third kappa shape index (κ3) is 4.75. The van der Waals surface area contributed by atoms with Crippen molar-refractivity contribution in [2.75, 3.05) is 20.3 Å². The third-order valence-corrected chi connectivity index (χ3v) is 4.51. The van der Waals surface area contributed by atoms with Crippen molar-refractivity contribution in [3.8, 4) is 11.5 Å². The molecule has 1 heterocycles. The van der Waals surface area contributed by atoms with E-state index in [0.717, 1.165) is 12.0 Å². The van der Waals surface area contributed by atoms with Crippen molar-refractivity contribution in [1.29, 1.82) is 0 Å². The highest BCUT2D eigenvalue weighted by Crippen LogP contribution is 2.29. The first-order chi connectivity index (χ1) is 12.0. The van der Waals surface area contributed by atoms with E-state index in [-0.39, 0.29) is 25.1 Å². The zero-order valence-corrected chi connectivity index (χ0v) is 14.7. The van der Waals surface area contributed by atoms with Gasteiger partial charge in [0.15, 0.2) is 18.1 Å². The van der Waals surface area contributed by atoms with Gasteiger partial charge in [0.05, 0.1) is 13.0 Å². The average molecular weight is 347 g/mol. The van der Waals surface area contributed by atoms with E-state index in [1.807, 2.05) is 19.1 Å². The lowest BCUT2D eigenvalue weighted by atomic mass is 9.93. The molecule has 1 aliphatic heterocycles. The number of amides is 1. The third-order valence-electron chi connectivity index (χ3n) is 4.51. The van der Waals surface area contributed by atoms with E-state index in [0.29, 0.717) is 24.3 Å². The van der Waals surface area contributed by atoms with Gasteiger partial charge in [0, 0.05) is 12.6 Å². The van der Waals surface area contributed by atoms with E-state index in [2.05, 4.69) is 6.58 Å². The van der Waals surface area contributed by atoms with Crippen LogP contribution in [0.4, 0.5) is 0 Å². The van der Waals surface area contributed by atoms with Crippen molar-refractivity contribution in [3.63, 3.8) is 0 Å². The molecule has 136 valence electrons. The second-order valence-corrected chi connectivity index (χ2v) is 6.27. The molecule has 2 atom stereocenters. The maximum absolute atomic E-state index is 12.5. The molecule has 1 aromatic carbocycles. The highest BCUT2D eigenvalue weighted by atomic mass is 16.5. The summed E-state index contributed by atoms with van der Waals surface area (Å²) in [6.45, 7) is 5.72. The molecule has 25 heavy (non-hydrogen) atoms. The van der Waals surface area contributed by atoms with Crippen LogP contribution >= 0.6 is 0 Å². The van der Waals surface area contributed by atoms with Crippen molar-refractivity contribution in [3.05, 3.63) is 36.4 Å². The molecule has 2 rings (SSSR count). The molecule has 6 nitrogen and oxygen atoms in total. The standard InChI is InChI=1S/C19H25NO5/c1-4-5-14-7-9-16(17(10-14)24-3)25-12-18(21)20-11-15(19(22)23)8-6-13(20)2/h4,7,9-10,13,15H,1,5-6,8,11-12H2,2-3H3,(H,22,23). The second-order valence-electron chi connectivity index (χ2n) is 6.27. The van der Waals surface area contributed by atoms with Crippen LogP contribution in [0, 0.1) is 5.92 Å². The number of aliphatic carboxylic acids is 1. The lowest BCUT2D eigenvalue weighted by Crippen LogP contribution is -2.49. The van der Waals surface area contributed by atoms with Gasteiger partial charge in [-0.05, 0) is 43.9 Å². The second kappa shape index (κ2) is 8.55. The van der Waals surface area contributed by atoms with Gasteiger partial charge < -0.3 is 19.5 Å². The highest BCUT2D eigenvalue weighted by molar-refractivity contribution is 5.79. The summed E-state index contributed by atoms with van der Waals surface area (Å²) in [5.74, 6) is -0.529. The molecular formula is C19H25NO5. The van der Waals surface area contributed by atoms with Gasteiger partial charge >= 0.3 is 5.97 Å². The number of carbonyl (C=O) groups is 2. The normalized spacial score (nSPS) is 20.0. The minimum absolute atomic E-state index is 0.0172. The van der Waals surface area contributed by atoms with E-state index in [9.17, 15) is 14.7 Å². The van der Waals surface area contributed by atoms with Crippen molar-refractivity contribution < 1.29 is 24.2 Å². The number of carboxylic acids is 1. The Morgan fingerprint density at radius 3 is 2.76 bits per heavy atom. The Hall–Kier alpha value is -2.50. The average Bonchev–Trinajstić information content (AvgIpc) is 2.60. The molecule has 6 heteroatoms. The van der Waals surface area contributed by atoms with Crippen LogP contribution in [0.25, 0.3) is 0 Å². The number of hydrogen-bond donors (Lipinski definition) is 1. The van der Waals surface area contributed by atoms with Gasteiger partial charge in [-0.15, -0.1) is 6.58 Å². The summed E-state index contributed by atoms with van der Waals surface area (Å²) in [4.78, 5) is 25.3. The van der Waals surface area contributed by atoms with Gasteiger partial charge in [-0.1, -0.05) is 12.1 Å². The molecule has 0 saturated carbocycles. The number of rotatable bonds is 7. The molecule has 0 bridgehead atoms. The van der Waals surface area contributed by atoms with E-state index in [1.165, 1.54) is 0 Å². The Labute approximate surface area is 148 Å². The quantitative estimate of drug-likeness (QED) is 0.767. The Balaban J connectivity index is 2.01. The zero-order valence-electron chi connectivity index (χ0n) is 14.7. The highest BCUT2D eigenvalue weighted by Gasteiger charge is 2.32. The minimum atomic E-state index is -0.856. The van der Waals surface area contributed by atoms with Gasteiger partial charge in [0.1, 0.15) is 0 Å². The maximum Gasteiger partial charge on any atom is 0.308 e. The molecule has 1 fully saturated rings. The number of benzene rings is 1. The van der Waals surface area contributed by atoms with Crippen LogP contribution < -0.4 is 9.47 Å². The van der Waals surface area contributed by atoms with Crippen LogP contribution in [0.1, 0.15) is 25.3 Å². The molecule has 0 aromatic heterocycles. The summed E-state index contributed by atoms with van der Waals surface area (Å²) in [5, 5.41) is 9.18. The maximum atomic E-state index is 12.5.